The van der Waals surface area contributed by atoms with E-state index in [1.54, 1.807) is 23.9 Å². The predicted octanol–water partition coefficient (Wildman–Crippen LogP) is 2.54. The summed E-state index contributed by atoms with van der Waals surface area (Å²) in [5, 5.41) is 11.6. The van der Waals surface area contributed by atoms with Crippen molar-refractivity contribution in [2.75, 3.05) is 7.05 Å². The molecule has 1 aromatic heterocycles. The van der Waals surface area contributed by atoms with Crippen LogP contribution < -0.4 is 4.74 Å². The SMILES string of the molecule is CN(Cc1ccccc1OC(F)(F)F)Cc1nnnn1C1CC1. The van der Waals surface area contributed by atoms with Crippen molar-refractivity contribution in [2.24, 2.45) is 0 Å². The summed E-state index contributed by atoms with van der Waals surface area (Å²) in [6.07, 6.45) is -2.58. The van der Waals surface area contributed by atoms with Gasteiger partial charge in [-0.3, -0.25) is 4.90 Å². The van der Waals surface area contributed by atoms with Crippen molar-refractivity contribution in [1.29, 1.82) is 0 Å². The molecule has 0 spiro atoms. The molecule has 0 saturated heterocycles. The first-order chi connectivity index (χ1) is 10.9. The van der Waals surface area contributed by atoms with Crippen molar-refractivity contribution in [3.05, 3.63) is 35.7 Å². The van der Waals surface area contributed by atoms with E-state index in [1.165, 1.54) is 12.1 Å². The molecule has 1 aliphatic carbocycles. The first kappa shape index (κ1) is 15.7. The summed E-state index contributed by atoms with van der Waals surface area (Å²) in [6, 6.07) is 6.47. The van der Waals surface area contributed by atoms with Crippen LogP contribution in [0.1, 0.15) is 30.3 Å². The third kappa shape index (κ3) is 4.19. The fourth-order valence-electron chi connectivity index (χ4n) is 2.37. The van der Waals surface area contributed by atoms with Crippen molar-refractivity contribution in [3.63, 3.8) is 0 Å². The average Bonchev–Trinajstić information content (AvgIpc) is 3.20. The Labute approximate surface area is 130 Å². The van der Waals surface area contributed by atoms with Crippen LogP contribution in [0.15, 0.2) is 24.3 Å². The second-order valence-corrected chi connectivity index (χ2v) is 5.60. The Morgan fingerprint density at radius 3 is 2.70 bits per heavy atom. The van der Waals surface area contributed by atoms with E-state index in [0.717, 1.165) is 12.8 Å². The van der Waals surface area contributed by atoms with Crippen LogP contribution in [0.2, 0.25) is 0 Å². The topological polar surface area (TPSA) is 56.1 Å². The predicted molar refractivity (Wildman–Crippen MR) is 74.4 cm³/mol. The molecule has 1 aliphatic rings. The zero-order chi connectivity index (χ0) is 16.4. The minimum absolute atomic E-state index is 0.186. The van der Waals surface area contributed by atoms with E-state index in [2.05, 4.69) is 20.3 Å². The zero-order valence-electron chi connectivity index (χ0n) is 12.5. The van der Waals surface area contributed by atoms with Gasteiger partial charge in [0.15, 0.2) is 5.82 Å². The Bertz CT molecular complexity index is 668. The summed E-state index contributed by atoms with van der Waals surface area (Å²) < 4.78 is 43.2. The average molecular weight is 327 g/mol. The molecular weight excluding hydrogens is 311 g/mol. The van der Waals surface area contributed by atoms with Gasteiger partial charge in [0.1, 0.15) is 5.75 Å². The fourth-order valence-corrected chi connectivity index (χ4v) is 2.37. The van der Waals surface area contributed by atoms with Crippen molar-refractivity contribution in [3.8, 4) is 5.75 Å². The quantitative estimate of drug-likeness (QED) is 0.816. The molecule has 1 heterocycles. The van der Waals surface area contributed by atoms with Crippen molar-refractivity contribution < 1.29 is 17.9 Å². The Morgan fingerprint density at radius 1 is 1.26 bits per heavy atom. The third-order valence-electron chi connectivity index (χ3n) is 3.50. The lowest BCUT2D eigenvalue weighted by molar-refractivity contribution is -0.275. The third-order valence-corrected chi connectivity index (χ3v) is 3.50. The van der Waals surface area contributed by atoms with E-state index in [4.69, 9.17) is 0 Å². The second-order valence-electron chi connectivity index (χ2n) is 5.60. The number of ether oxygens (including phenoxy) is 1. The van der Waals surface area contributed by atoms with Crippen LogP contribution in [-0.4, -0.2) is 38.5 Å². The van der Waals surface area contributed by atoms with Crippen LogP contribution in [0.3, 0.4) is 0 Å². The van der Waals surface area contributed by atoms with E-state index < -0.39 is 6.36 Å². The summed E-state index contributed by atoms with van der Waals surface area (Å²) in [6.45, 7) is 0.744. The molecule has 2 aromatic rings. The van der Waals surface area contributed by atoms with E-state index in [0.29, 0.717) is 30.5 Å². The molecule has 1 saturated carbocycles. The molecule has 0 amide bonds. The summed E-state index contributed by atoms with van der Waals surface area (Å²) in [7, 11) is 1.80. The number of nitrogens with zero attached hydrogens (tertiary/aromatic N) is 5. The highest BCUT2D eigenvalue weighted by Gasteiger charge is 2.32. The van der Waals surface area contributed by atoms with Gasteiger partial charge < -0.3 is 4.74 Å². The van der Waals surface area contributed by atoms with Gasteiger partial charge in [-0.05, 0) is 36.4 Å². The number of halogens is 3. The van der Waals surface area contributed by atoms with E-state index in [1.807, 2.05) is 4.90 Å². The molecule has 9 heteroatoms. The van der Waals surface area contributed by atoms with Crippen molar-refractivity contribution in [2.45, 2.75) is 38.3 Å². The molecule has 0 N–H and O–H groups in total. The Balaban J connectivity index is 1.68. The van der Waals surface area contributed by atoms with Crippen LogP contribution in [0, 0.1) is 0 Å². The smallest absolute Gasteiger partial charge is 0.405 e. The molecule has 0 unspecified atom stereocenters. The first-order valence-corrected chi connectivity index (χ1v) is 7.21. The van der Waals surface area contributed by atoms with E-state index in [-0.39, 0.29) is 5.75 Å². The van der Waals surface area contributed by atoms with Crippen LogP contribution in [0.25, 0.3) is 0 Å². The van der Waals surface area contributed by atoms with Gasteiger partial charge in [0.05, 0.1) is 12.6 Å². The number of para-hydroxylation sites is 1. The van der Waals surface area contributed by atoms with Crippen LogP contribution >= 0.6 is 0 Å². The van der Waals surface area contributed by atoms with Gasteiger partial charge in [-0.25, -0.2) is 4.68 Å². The van der Waals surface area contributed by atoms with Gasteiger partial charge in [0.25, 0.3) is 0 Å². The monoisotopic (exact) mass is 327 g/mol. The highest BCUT2D eigenvalue weighted by atomic mass is 19.4. The Hall–Kier alpha value is -2.16. The van der Waals surface area contributed by atoms with Gasteiger partial charge in [0.2, 0.25) is 0 Å². The largest absolute Gasteiger partial charge is 0.573 e. The number of hydrogen-bond donors (Lipinski definition) is 0. The van der Waals surface area contributed by atoms with Gasteiger partial charge in [-0.2, -0.15) is 0 Å². The van der Waals surface area contributed by atoms with Gasteiger partial charge in [0, 0.05) is 12.1 Å². The minimum Gasteiger partial charge on any atom is -0.405 e. The molecule has 3 rings (SSSR count). The molecule has 6 nitrogen and oxygen atoms in total. The minimum atomic E-state index is -4.70. The van der Waals surface area contributed by atoms with E-state index in [9.17, 15) is 13.2 Å². The lowest BCUT2D eigenvalue weighted by atomic mass is 10.2. The standard InChI is InChI=1S/C14H16F3N5O/c1-21(9-13-18-19-20-22(13)11-6-7-11)8-10-4-2-3-5-12(10)23-14(15,16)17/h2-5,11H,6-9H2,1H3. The van der Waals surface area contributed by atoms with Gasteiger partial charge in [-0.1, -0.05) is 18.2 Å². The first-order valence-electron chi connectivity index (χ1n) is 7.21. The normalized spacial score (nSPS) is 15.2. The summed E-state index contributed by atoms with van der Waals surface area (Å²) in [5.74, 6) is 0.526. The Kier molecular flexibility index (Phi) is 4.20. The highest BCUT2D eigenvalue weighted by molar-refractivity contribution is 5.33. The molecule has 124 valence electrons. The maximum Gasteiger partial charge on any atom is 0.573 e. The zero-order valence-corrected chi connectivity index (χ0v) is 12.5. The number of benzene rings is 1. The van der Waals surface area contributed by atoms with E-state index >= 15 is 0 Å². The molecule has 1 aromatic carbocycles. The second kappa shape index (κ2) is 6.15. The molecule has 0 bridgehead atoms. The van der Waals surface area contributed by atoms with Crippen molar-refractivity contribution >= 4 is 0 Å². The van der Waals surface area contributed by atoms with Crippen molar-refractivity contribution in [1.82, 2.24) is 25.1 Å². The van der Waals surface area contributed by atoms with Crippen LogP contribution in [0.5, 0.6) is 5.75 Å². The van der Waals surface area contributed by atoms with Crippen LogP contribution in [-0.2, 0) is 13.1 Å². The summed E-state index contributed by atoms with van der Waals surface area (Å²) >= 11 is 0. The number of hydrogen-bond acceptors (Lipinski definition) is 5. The lowest BCUT2D eigenvalue weighted by Gasteiger charge is -2.19. The molecule has 1 fully saturated rings. The summed E-state index contributed by atoms with van der Waals surface area (Å²) in [5.41, 5.74) is 0.456. The molecule has 0 atom stereocenters. The fraction of sp³-hybridized carbons (Fsp3) is 0.500. The van der Waals surface area contributed by atoms with Crippen LogP contribution in [0.4, 0.5) is 13.2 Å². The number of alkyl halides is 3. The molecule has 0 radical (unpaired) electrons. The maximum atomic E-state index is 12.4. The molecule has 23 heavy (non-hydrogen) atoms. The molecular formula is C14H16F3N5O. The van der Waals surface area contributed by atoms with Gasteiger partial charge in [-0.15, -0.1) is 18.3 Å². The summed E-state index contributed by atoms with van der Waals surface area (Å²) in [4.78, 5) is 1.85. The number of rotatable bonds is 6. The molecule has 0 aliphatic heterocycles. The number of tetrazole rings is 1. The lowest BCUT2D eigenvalue weighted by Crippen LogP contribution is -2.22. The van der Waals surface area contributed by atoms with Gasteiger partial charge >= 0.3 is 6.36 Å². The highest BCUT2D eigenvalue weighted by Crippen LogP contribution is 2.34. The maximum absolute atomic E-state index is 12.4. The Morgan fingerprint density at radius 2 is 2.00 bits per heavy atom. The number of aromatic nitrogens is 4.